The largest absolute Gasteiger partial charge is 0.339 e. The van der Waals surface area contributed by atoms with Gasteiger partial charge in [-0.15, -0.1) is 0 Å². The molecule has 1 aromatic carbocycles. The Kier molecular flexibility index (Phi) is 4.53. The van der Waals surface area contributed by atoms with Crippen molar-refractivity contribution in [2.24, 2.45) is 0 Å². The van der Waals surface area contributed by atoms with Gasteiger partial charge in [-0.05, 0) is 36.1 Å². The van der Waals surface area contributed by atoms with Crippen molar-refractivity contribution in [2.45, 2.75) is 31.2 Å². The number of aromatic nitrogens is 1. The molecule has 1 amide bonds. The number of hydrogen-bond donors (Lipinski definition) is 0. The second-order valence-corrected chi connectivity index (χ2v) is 7.23. The molecular formula is C21H25N3O. The van der Waals surface area contributed by atoms with Crippen LogP contribution in [0, 0.1) is 0 Å². The van der Waals surface area contributed by atoms with E-state index >= 15 is 0 Å². The molecule has 25 heavy (non-hydrogen) atoms. The lowest BCUT2D eigenvalue weighted by Crippen LogP contribution is -2.56. The number of carbonyl (C=O) groups is 1. The second kappa shape index (κ2) is 6.96. The number of hydrogen-bond acceptors (Lipinski definition) is 3. The smallest absolute Gasteiger partial charge is 0.233 e. The van der Waals surface area contributed by atoms with Gasteiger partial charge in [-0.25, -0.2) is 0 Å². The van der Waals surface area contributed by atoms with Gasteiger partial charge in [-0.1, -0.05) is 36.8 Å². The summed E-state index contributed by atoms with van der Waals surface area (Å²) in [6.45, 7) is 4.49. The summed E-state index contributed by atoms with van der Waals surface area (Å²) in [6.07, 6.45) is 6.83. The number of pyridine rings is 1. The minimum atomic E-state index is -0.255. The van der Waals surface area contributed by atoms with Crippen LogP contribution in [0.25, 0.3) is 0 Å². The molecule has 2 fully saturated rings. The van der Waals surface area contributed by atoms with Crippen LogP contribution in [-0.2, 0) is 16.8 Å². The molecule has 130 valence electrons. The highest BCUT2D eigenvalue weighted by Crippen LogP contribution is 2.45. The zero-order valence-corrected chi connectivity index (χ0v) is 14.6. The highest BCUT2D eigenvalue weighted by atomic mass is 16.2. The molecule has 1 aromatic heterocycles. The van der Waals surface area contributed by atoms with Crippen LogP contribution in [0.2, 0.25) is 0 Å². The average molecular weight is 335 g/mol. The molecule has 0 atom stereocenters. The first-order valence-electron chi connectivity index (χ1n) is 9.24. The molecule has 0 spiro atoms. The minimum absolute atomic E-state index is 0.255. The van der Waals surface area contributed by atoms with Crippen molar-refractivity contribution in [3.05, 3.63) is 66.0 Å². The van der Waals surface area contributed by atoms with Crippen molar-refractivity contribution in [3.8, 4) is 0 Å². The van der Waals surface area contributed by atoms with E-state index in [0.29, 0.717) is 5.91 Å². The molecule has 2 heterocycles. The quantitative estimate of drug-likeness (QED) is 0.862. The summed E-state index contributed by atoms with van der Waals surface area (Å²) in [4.78, 5) is 21.9. The van der Waals surface area contributed by atoms with Crippen LogP contribution >= 0.6 is 0 Å². The lowest BCUT2D eigenvalue weighted by molar-refractivity contribution is -0.142. The molecule has 4 nitrogen and oxygen atoms in total. The second-order valence-electron chi connectivity index (χ2n) is 7.23. The van der Waals surface area contributed by atoms with Crippen LogP contribution < -0.4 is 0 Å². The summed E-state index contributed by atoms with van der Waals surface area (Å²) in [7, 11) is 0. The van der Waals surface area contributed by atoms with Crippen molar-refractivity contribution < 1.29 is 4.79 Å². The van der Waals surface area contributed by atoms with Gasteiger partial charge in [0.1, 0.15) is 0 Å². The summed E-state index contributed by atoms with van der Waals surface area (Å²) in [5.41, 5.74) is 2.23. The van der Waals surface area contributed by atoms with E-state index in [0.717, 1.165) is 52.0 Å². The van der Waals surface area contributed by atoms with Crippen LogP contribution in [0.4, 0.5) is 0 Å². The van der Waals surface area contributed by atoms with Gasteiger partial charge in [0, 0.05) is 45.1 Å². The van der Waals surface area contributed by atoms with Gasteiger partial charge in [0.2, 0.25) is 5.91 Å². The summed E-state index contributed by atoms with van der Waals surface area (Å²) in [5.74, 6) is 0.341. The van der Waals surface area contributed by atoms with Crippen LogP contribution in [0.15, 0.2) is 54.9 Å². The molecule has 1 saturated heterocycles. The number of piperazine rings is 1. The zero-order valence-electron chi connectivity index (χ0n) is 14.6. The molecule has 0 bridgehead atoms. The van der Waals surface area contributed by atoms with Gasteiger partial charge in [0.05, 0.1) is 5.41 Å². The predicted molar refractivity (Wildman–Crippen MR) is 98.1 cm³/mol. The molecule has 0 N–H and O–H groups in total. The Morgan fingerprint density at radius 2 is 1.64 bits per heavy atom. The molecule has 0 unspecified atom stereocenters. The standard InChI is InChI=1S/C21H25N3O/c25-20(21(9-4-10-21)19-5-2-1-3-6-19)24-15-13-23(14-16-24)17-18-7-11-22-12-8-18/h1-3,5-8,11-12H,4,9-10,13-17H2. The molecule has 1 aliphatic carbocycles. The Bertz CT molecular complexity index is 704. The Morgan fingerprint density at radius 1 is 0.960 bits per heavy atom. The molecule has 2 aromatic rings. The Hall–Kier alpha value is -2.20. The number of amides is 1. The van der Waals surface area contributed by atoms with Gasteiger partial charge in [0.15, 0.2) is 0 Å². The average Bonchev–Trinajstić information content (AvgIpc) is 2.63. The topological polar surface area (TPSA) is 36.4 Å². The van der Waals surface area contributed by atoms with Crippen LogP contribution in [0.1, 0.15) is 30.4 Å². The fourth-order valence-electron chi connectivity index (χ4n) is 4.07. The monoisotopic (exact) mass is 335 g/mol. The lowest BCUT2D eigenvalue weighted by atomic mass is 9.63. The number of rotatable bonds is 4. The van der Waals surface area contributed by atoms with Gasteiger partial charge in [0.25, 0.3) is 0 Å². The van der Waals surface area contributed by atoms with E-state index in [1.54, 1.807) is 0 Å². The van der Waals surface area contributed by atoms with Gasteiger partial charge in [-0.3, -0.25) is 14.7 Å². The van der Waals surface area contributed by atoms with E-state index in [9.17, 15) is 4.79 Å². The maximum absolute atomic E-state index is 13.3. The van der Waals surface area contributed by atoms with Crippen molar-refractivity contribution in [1.82, 2.24) is 14.8 Å². The Morgan fingerprint density at radius 3 is 2.24 bits per heavy atom. The third kappa shape index (κ3) is 3.19. The Labute approximate surface area is 149 Å². The van der Waals surface area contributed by atoms with Crippen molar-refractivity contribution in [3.63, 3.8) is 0 Å². The van der Waals surface area contributed by atoms with Crippen molar-refractivity contribution in [2.75, 3.05) is 26.2 Å². The minimum Gasteiger partial charge on any atom is -0.339 e. The lowest BCUT2D eigenvalue weighted by Gasteiger charge is -2.46. The number of benzene rings is 1. The highest BCUT2D eigenvalue weighted by molar-refractivity contribution is 5.89. The maximum Gasteiger partial charge on any atom is 0.233 e. The number of nitrogens with zero attached hydrogens (tertiary/aromatic N) is 3. The first-order chi connectivity index (χ1) is 12.3. The maximum atomic E-state index is 13.3. The molecule has 2 aliphatic rings. The van der Waals surface area contributed by atoms with Crippen LogP contribution in [-0.4, -0.2) is 46.9 Å². The van der Waals surface area contributed by atoms with E-state index in [1.165, 1.54) is 11.1 Å². The van der Waals surface area contributed by atoms with Gasteiger partial charge in [-0.2, -0.15) is 0 Å². The van der Waals surface area contributed by atoms with Crippen molar-refractivity contribution >= 4 is 5.91 Å². The Balaban J connectivity index is 1.39. The molecule has 4 heteroatoms. The third-order valence-corrected chi connectivity index (χ3v) is 5.76. The van der Waals surface area contributed by atoms with Gasteiger partial charge >= 0.3 is 0 Å². The van der Waals surface area contributed by atoms with Crippen molar-refractivity contribution in [1.29, 1.82) is 0 Å². The fraction of sp³-hybridized carbons (Fsp3) is 0.429. The number of carbonyl (C=O) groups excluding carboxylic acids is 1. The third-order valence-electron chi connectivity index (χ3n) is 5.76. The SMILES string of the molecule is O=C(N1CCN(Cc2ccncc2)CC1)C1(c2ccccc2)CCC1. The normalized spacial score (nSPS) is 20.1. The molecule has 1 aliphatic heterocycles. The summed E-state index contributed by atoms with van der Waals surface area (Å²) >= 11 is 0. The first kappa shape index (κ1) is 16.3. The molecule has 0 radical (unpaired) electrons. The van der Waals surface area contributed by atoms with Crippen LogP contribution in [0.3, 0.4) is 0 Å². The van der Waals surface area contributed by atoms with E-state index in [4.69, 9.17) is 0 Å². The van der Waals surface area contributed by atoms with E-state index in [1.807, 2.05) is 18.5 Å². The van der Waals surface area contributed by atoms with Gasteiger partial charge < -0.3 is 4.90 Å². The van der Waals surface area contributed by atoms with Crippen LogP contribution in [0.5, 0.6) is 0 Å². The van der Waals surface area contributed by atoms with E-state index in [2.05, 4.69) is 51.2 Å². The summed E-state index contributed by atoms with van der Waals surface area (Å²) in [6, 6.07) is 14.5. The predicted octanol–water partition coefficient (Wildman–Crippen LogP) is 2.85. The first-order valence-corrected chi connectivity index (χ1v) is 9.24. The molecular weight excluding hydrogens is 310 g/mol. The molecule has 1 saturated carbocycles. The summed E-state index contributed by atoms with van der Waals surface area (Å²) < 4.78 is 0. The fourth-order valence-corrected chi connectivity index (χ4v) is 4.07. The van der Waals surface area contributed by atoms with E-state index in [-0.39, 0.29) is 5.41 Å². The summed E-state index contributed by atoms with van der Waals surface area (Å²) in [5, 5.41) is 0. The van der Waals surface area contributed by atoms with E-state index < -0.39 is 0 Å². The highest BCUT2D eigenvalue weighted by Gasteiger charge is 2.47. The molecule has 4 rings (SSSR count). The zero-order chi connectivity index (χ0) is 17.1.